The standard InChI is InChI=1S/C8H10F3N3O/c1-4-2-5(13)7(14-6(4)3-12)15-8(9,10)11/h2H,3,12-13H2,1H3. The number of anilines is 1. The Bertz CT molecular complexity index is 365. The normalized spacial score (nSPS) is 11.5. The van der Waals surface area contributed by atoms with Crippen LogP contribution in [-0.4, -0.2) is 11.3 Å². The molecule has 0 unspecified atom stereocenters. The Morgan fingerprint density at radius 2 is 2.07 bits per heavy atom. The zero-order valence-corrected chi connectivity index (χ0v) is 7.93. The molecule has 0 aliphatic rings. The van der Waals surface area contributed by atoms with Gasteiger partial charge in [0.1, 0.15) is 0 Å². The first-order valence-electron chi connectivity index (χ1n) is 4.05. The van der Waals surface area contributed by atoms with Crippen LogP contribution in [0, 0.1) is 6.92 Å². The number of alkyl halides is 3. The fourth-order valence-electron chi connectivity index (χ4n) is 1.05. The third kappa shape index (κ3) is 2.98. The first-order valence-corrected chi connectivity index (χ1v) is 4.05. The summed E-state index contributed by atoms with van der Waals surface area (Å²) in [4.78, 5) is 3.58. The Labute approximate surface area is 84.0 Å². The molecule has 0 spiro atoms. The van der Waals surface area contributed by atoms with E-state index in [0.717, 1.165) is 0 Å². The average molecular weight is 221 g/mol. The van der Waals surface area contributed by atoms with Crippen molar-refractivity contribution in [2.45, 2.75) is 19.8 Å². The average Bonchev–Trinajstić information content (AvgIpc) is 2.07. The number of nitrogens with zero attached hydrogens (tertiary/aromatic N) is 1. The maximum Gasteiger partial charge on any atom is 0.574 e. The van der Waals surface area contributed by atoms with Crippen molar-refractivity contribution in [1.82, 2.24) is 4.98 Å². The van der Waals surface area contributed by atoms with Crippen LogP contribution in [0.5, 0.6) is 5.88 Å². The molecule has 7 heteroatoms. The molecule has 0 aliphatic carbocycles. The summed E-state index contributed by atoms with van der Waals surface area (Å²) in [6.45, 7) is 1.68. The SMILES string of the molecule is Cc1cc(N)c(OC(F)(F)F)nc1CN. The summed E-state index contributed by atoms with van der Waals surface area (Å²) in [6, 6.07) is 1.34. The van der Waals surface area contributed by atoms with Crippen molar-refractivity contribution >= 4 is 5.69 Å². The summed E-state index contributed by atoms with van der Waals surface area (Å²) in [5.41, 5.74) is 11.4. The number of hydrogen-bond donors (Lipinski definition) is 2. The van der Waals surface area contributed by atoms with Crippen molar-refractivity contribution in [1.29, 1.82) is 0 Å². The van der Waals surface area contributed by atoms with Crippen LogP contribution in [0.25, 0.3) is 0 Å². The van der Waals surface area contributed by atoms with Crippen LogP contribution in [-0.2, 0) is 6.54 Å². The van der Waals surface area contributed by atoms with E-state index < -0.39 is 12.2 Å². The van der Waals surface area contributed by atoms with Gasteiger partial charge in [-0.1, -0.05) is 0 Å². The monoisotopic (exact) mass is 221 g/mol. The number of aryl methyl sites for hydroxylation is 1. The van der Waals surface area contributed by atoms with Crippen molar-refractivity contribution in [2.24, 2.45) is 5.73 Å². The quantitative estimate of drug-likeness (QED) is 0.790. The van der Waals surface area contributed by atoms with Crippen LogP contribution in [0.2, 0.25) is 0 Å². The van der Waals surface area contributed by atoms with Gasteiger partial charge in [0.2, 0.25) is 5.88 Å². The molecule has 0 saturated heterocycles. The molecule has 1 heterocycles. The lowest BCUT2D eigenvalue weighted by atomic mass is 10.2. The number of nitrogen functional groups attached to an aromatic ring is 1. The number of hydrogen-bond acceptors (Lipinski definition) is 4. The lowest BCUT2D eigenvalue weighted by Gasteiger charge is -2.12. The topological polar surface area (TPSA) is 74.2 Å². The van der Waals surface area contributed by atoms with Gasteiger partial charge in [-0.3, -0.25) is 0 Å². The van der Waals surface area contributed by atoms with Crippen molar-refractivity contribution in [3.63, 3.8) is 0 Å². The Morgan fingerprint density at radius 3 is 2.53 bits per heavy atom. The zero-order chi connectivity index (χ0) is 11.6. The highest BCUT2D eigenvalue weighted by molar-refractivity contribution is 5.51. The van der Waals surface area contributed by atoms with Crippen molar-refractivity contribution in [2.75, 3.05) is 5.73 Å². The Kier molecular flexibility index (Phi) is 3.04. The van der Waals surface area contributed by atoms with Crippen LogP contribution in [0.1, 0.15) is 11.3 Å². The van der Waals surface area contributed by atoms with Gasteiger partial charge in [-0.2, -0.15) is 0 Å². The highest BCUT2D eigenvalue weighted by Gasteiger charge is 2.32. The van der Waals surface area contributed by atoms with Crippen LogP contribution >= 0.6 is 0 Å². The van der Waals surface area contributed by atoms with Crippen molar-refractivity contribution in [3.8, 4) is 5.88 Å². The molecule has 0 radical (unpaired) electrons. The van der Waals surface area contributed by atoms with Gasteiger partial charge in [0.25, 0.3) is 0 Å². The minimum atomic E-state index is -4.80. The van der Waals surface area contributed by atoms with E-state index in [9.17, 15) is 13.2 Å². The molecule has 0 fully saturated rings. The third-order valence-electron chi connectivity index (χ3n) is 1.72. The lowest BCUT2D eigenvalue weighted by molar-refractivity contribution is -0.275. The fraction of sp³-hybridized carbons (Fsp3) is 0.375. The van der Waals surface area contributed by atoms with Gasteiger partial charge in [-0.05, 0) is 18.6 Å². The molecular weight excluding hydrogens is 211 g/mol. The fourth-order valence-corrected chi connectivity index (χ4v) is 1.05. The molecule has 4 N–H and O–H groups in total. The first-order chi connectivity index (χ1) is 6.83. The largest absolute Gasteiger partial charge is 0.574 e. The first kappa shape index (κ1) is 11.6. The van der Waals surface area contributed by atoms with Crippen molar-refractivity contribution in [3.05, 3.63) is 17.3 Å². The summed E-state index contributed by atoms with van der Waals surface area (Å²) in [6.07, 6.45) is -4.80. The molecule has 84 valence electrons. The van der Waals surface area contributed by atoms with E-state index >= 15 is 0 Å². The second-order valence-electron chi connectivity index (χ2n) is 2.90. The second kappa shape index (κ2) is 3.93. The number of pyridine rings is 1. The third-order valence-corrected chi connectivity index (χ3v) is 1.72. The molecule has 1 aromatic rings. The van der Waals surface area contributed by atoms with Gasteiger partial charge in [-0.15, -0.1) is 13.2 Å². The second-order valence-corrected chi connectivity index (χ2v) is 2.90. The molecule has 1 aromatic heterocycles. The highest BCUT2D eigenvalue weighted by Crippen LogP contribution is 2.27. The van der Waals surface area contributed by atoms with E-state index in [2.05, 4.69) is 9.72 Å². The molecular formula is C8H10F3N3O. The molecule has 0 atom stereocenters. The van der Waals surface area contributed by atoms with Crippen LogP contribution < -0.4 is 16.2 Å². The smallest absolute Gasteiger partial charge is 0.394 e. The molecule has 0 aliphatic heterocycles. The van der Waals surface area contributed by atoms with Gasteiger partial charge < -0.3 is 16.2 Å². The maximum absolute atomic E-state index is 11.9. The summed E-state index contributed by atoms with van der Waals surface area (Å²) in [5, 5.41) is 0. The van der Waals surface area contributed by atoms with E-state index in [0.29, 0.717) is 11.3 Å². The molecule has 15 heavy (non-hydrogen) atoms. The van der Waals surface area contributed by atoms with Gasteiger partial charge in [0.15, 0.2) is 0 Å². The number of nitrogens with two attached hydrogens (primary N) is 2. The van der Waals surface area contributed by atoms with Crippen LogP contribution in [0.4, 0.5) is 18.9 Å². The van der Waals surface area contributed by atoms with E-state index in [1.54, 1.807) is 6.92 Å². The van der Waals surface area contributed by atoms with Crippen LogP contribution in [0.3, 0.4) is 0 Å². The molecule has 0 amide bonds. The summed E-state index contributed by atoms with van der Waals surface area (Å²) in [7, 11) is 0. The zero-order valence-electron chi connectivity index (χ0n) is 7.93. The van der Waals surface area contributed by atoms with Gasteiger partial charge >= 0.3 is 6.36 Å². The van der Waals surface area contributed by atoms with E-state index in [4.69, 9.17) is 11.5 Å². The molecule has 4 nitrogen and oxygen atoms in total. The number of rotatable bonds is 2. The number of aromatic nitrogens is 1. The minimum Gasteiger partial charge on any atom is -0.394 e. The highest BCUT2D eigenvalue weighted by atomic mass is 19.4. The van der Waals surface area contributed by atoms with E-state index in [1.807, 2.05) is 0 Å². The molecule has 1 rings (SSSR count). The van der Waals surface area contributed by atoms with Crippen LogP contribution in [0.15, 0.2) is 6.07 Å². The lowest BCUT2D eigenvalue weighted by Crippen LogP contribution is -2.20. The Balaban J connectivity index is 3.08. The molecule has 0 saturated carbocycles. The Morgan fingerprint density at radius 1 is 1.47 bits per heavy atom. The summed E-state index contributed by atoms with van der Waals surface area (Å²) in [5.74, 6) is -0.659. The summed E-state index contributed by atoms with van der Waals surface area (Å²) >= 11 is 0. The van der Waals surface area contributed by atoms with E-state index in [1.165, 1.54) is 6.07 Å². The Hall–Kier alpha value is -1.50. The summed E-state index contributed by atoms with van der Waals surface area (Å²) < 4.78 is 39.4. The van der Waals surface area contributed by atoms with E-state index in [-0.39, 0.29) is 12.2 Å². The van der Waals surface area contributed by atoms with Gasteiger partial charge in [0, 0.05) is 6.54 Å². The number of ether oxygens (including phenoxy) is 1. The predicted octanol–water partition coefficient (Wildman–Crippen LogP) is 1.33. The van der Waals surface area contributed by atoms with Gasteiger partial charge in [-0.25, -0.2) is 4.98 Å². The number of halogens is 3. The predicted molar refractivity (Wildman–Crippen MR) is 48.0 cm³/mol. The van der Waals surface area contributed by atoms with Gasteiger partial charge in [0.05, 0.1) is 11.4 Å². The molecule has 0 aromatic carbocycles. The minimum absolute atomic E-state index is 0.0281. The maximum atomic E-state index is 11.9. The molecule has 0 bridgehead atoms. The van der Waals surface area contributed by atoms with Crippen molar-refractivity contribution < 1.29 is 17.9 Å².